The van der Waals surface area contributed by atoms with Gasteiger partial charge in [-0.2, -0.15) is 0 Å². The van der Waals surface area contributed by atoms with Crippen LogP contribution in [0, 0.1) is 11.6 Å². The standard InChI is InChI=1S/C14H12ClF2NO2S/c15-12-4-2-1-3-11(12)9-21(19,20)18-8-10-5-6-13(16)14(17)7-10/h1-7,18H,8-9H2. The molecule has 0 radical (unpaired) electrons. The Bertz CT molecular complexity index is 750. The maximum absolute atomic E-state index is 13.0. The third-order valence-corrected chi connectivity index (χ3v) is 4.43. The van der Waals surface area contributed by atoms with Crippen LogP contribution in [0.1, 0.15) is 11.1 Å². The first-order valence-corrected chi connectivity index (χ1v) is 8.05. The molecule has 0 aliphatic heterocycles. The zero-order valence-corrected chi connectivity index (χ0v) is 12.4. The molecule has 0 bridgehead atoms. The second-order valence-electron chi connectivity index (χ2n) is 4.42. The highest BCUT2D eigenvalue weighted by Gasteiger charge is 2.14. The monoisotopic (exact) mass is 331 g/mol. The molecule has 112 valence electrons. The Morgan fingerprint density at radius 1 is 1.05 bits per heavy atom. The van der Waals surface area contributed by atoms with Crippen LogP contribution in [0.5, 0.6) is 0 Å². The van der Waals surface area contributed by atoms with E-state index in [0.717, 1.165) is 12.1 Å². The highest BCUT2D eigenvalue weighted by Crippen LogP contribution is 2.17. The van der Waals surface area contributed by atoms with Gasteiger partial charge in [-0.3, -0.25) is 0 Å². The van der Waals surface area contributed by atoms with Crippen LogP contribution in [0.15, 0.2) is 42.5 Å². The van der Waals surface area contributed by atoms with Crippen LogP contribution in [0.3, 0.4) is 0 Å². The number of benzene rings is 2. The van der Waals surface area contributed by atoms with Gasteiger partial charge >= 0.3 is 0 Å². The van der Waals surface area contributed by atoms with E-state index in [1.165, 1.54) is 6.07 Å². The van der Waals surface area contributed by atoms with Crippen LogP contribution in [-0.2, 0) is 22.3 Å². The van der Waals surface area contributed by atoms with Crippen molar-refractivity contribution in [3.8, 4) is 0 Å². The predicted molar refractivity (Wildman–Crippen MR) is 77.3 cm³/mol. The van der Waals surface area contributed by atoms with Gasteiger partial charge in [0.05, 0.1) is 5.75 Å². The first-order chi connectivity index (χ1) is 9.87. The molecule has 0 fully saturated rings. The highest BCUT2D eigenvalue weighted by atomic mass is 35.5. The largest absolute Gasteiger partial charge is 0.216 e. The average Bonchev–Trinajstić information content (AvgIpc) is 2.43. The van der Waals surface area contributed by atoms with Crippen LogP contribution in [0.2, 0.25) is 5.02 Å². The van der Waals surface area contributed by atoms with E-state index in [-0.39, 0.29) is 12.3 Å². The van der Waals surface area contributed by atoms with E-state index in [9.17, 15) is 17.2 Å². The van der Waals surface area contributed by atoms with Crippen LogP contribution >= 0.6 is 11.6 Å². The smallest absolute Gasteiger partial charge is 0.212 e. The van der Waals surface area contributed by atoms with Gasteiger partial charge in [-0.15, -0.1) is 0 Å². The third kappa shape index (κ3) is 4.49. The third-order valence-electron chi connectivity index (χ3n) is 2.78. The zero-order chi connectivity index (χ0) is 15.5. The molecule has 7 heteroatoms. The molecule has 0 heterocycles. The topological polar surface area (TPSA) is 46.2 Å². The first-order valence-electron chi connectivity index (χ1n) is 6.02. The van der Waals surface area contributed by atoms with Crippen molar-refractivity contribution >= 4 is 21.6 Å². The second-order valence-corrected chi connectivity index (χ2v) is 6.63. The van der Waals surface area contributed by atoms with E-state index in [2.05, 4.69) is 4.72 Å². The molecule has 0 aliphatic rings. The van der Waals surface area contributed by atoms with Crippen molar-refractivity contribution in [2.24, 2.45) is 0 Å². The molecule has 0 aromatic heterocycles. The lowest BCUT2D eigenvalue weighted by Gasteiger charge is -2.08. The summed E-state index contributed by atoms with van der Waals surface area (Å²) in [7, 11) is -3.63. The molecule has 0 saturated heterocycles. The van der Waals surface area contributed by atoms with E-state index in [0.29, 0.717) is 16.1 Å². The Hall–Kier alpha value is -1.50. The van der Waals surface area contributed by atoms with E-state index in [4.69, 9.17) is 11.6 Å². The summed E-state index contributed by atoms with van der Waals surface area (Å²) in [6.07, 6.45) is 0. The van der Waals surface area contributed by atoms with Gasteiger partial charge in [0.1, 0.15) is 0 Å². The van der Waals surface area contributed by atoms with E-state index in [1.54, 1.807) is 24.3 Å². The van der Waals surface area contributed by atoms with Crippen molar-refractivity contribution in [3.05, 3.63) is 70.2 Å². The van der Waals surface area contributed by atoms with Gasteiger partial charge in [0.2, 0.25) is 10.0 Å². The minimum Gasteiger partial charge on any atom is -0.212 e. The molecule has 0 unspecified atom stereocenters. The summed E-state index contributed by atoms with van der Waals surface area (Å²) >= 11 is 5.90. The first kappa shape index (κ1) is 15.9. The molecule has 2 aromatic carbocycles. The average molecular weight is 332 g/mol. The summed E-state index contributed by atoms with van der Waals surface area (Å²) in [6, 6.07) is 9.82. The minimum absolute atomic E-state index is 0.121. The highest BCUT2D eigenvalue weighted by molar-refractivity contribution is 7.88. The molecule has 2 aromatic rings. The van der Waals surface area contributed by atoms with Gasteiger partial charge in [-0.1, -0.05) is 35.9 Å². The van der Waals surface area contributed by atoms with Crippen molar-refractivity contribution in [1.82, 2.24) is 4.72 Å². The van der Waals surface area contributed by atoms with Gasteiger partial charge in [0.25, 0.3) is 0 Å². The minimum atomic E-state index is -3.63. The lowest BCUT2D eigenvalue weighted by molar-refractivity contribution is 0.506. The summed E-state index contributed by atoms with van der Waals surface area (Å²) in [6.45, 7) is -0.121. The molecular weight excluding hydrogens is 320 g/mol. The fourth-order valence-corrected chi connectivity index (χ4v) is 3.15. The lowest BCUT2D eigenvalue weighted by Crippen LogP contribution is -2.24. The number of hydrogen-bond donors (Lipinski definition) is 1. The molecule has 3 nitrogen and oxygen atoms in total. The van der Waals surface area contributed by atoms with E-state index in [1.807, 2.05) is 0 Å². The van der Waals surface area contributed by atoms with Crippen molar-refractivity contribution in [2.45, 2.75) is 12.3 Å². The fraction of sp³-hybridized carbons (Fsp3) is 0.143. The Labute approximate surface area is 126 Å². The fourth-order valence-electron chi connectivity index (χ4n) is 1.71. The molecule has 2 rings (SSSR count). The molecule has 0 atom stereocenters. The van der Waals surface area contributed by atoms with Crippen LogP contribution in [0.4, 0.5) is 8.78 Å². The molecular formula is C14H12ClF2NO2S. The number of nitrogens with one attached hydrogen (secondary N) is 1. The number of halogens is 3. The van der Waals surface area contributed by atoms with E-state index < -0.39 is 21.7 Å². The number of rotatable bonds is 5. The zero-order valence-electron chi connectivity index (χ0n) is 10.8. The Kier molecular flexibility index (Phi) is 4.92. The van der Waals surface area contributed by atoms with Crippen LogP contribution < -0.4 is 4.72 Å². The number of sulfonamides is 1. The van der Waals surface area contributed by atoms with Gasteiger partial charge in [-0.05, 0) is 29.3 Å². The number of hydrogen-bond acceptors (Lipinski definition) is 2. The van der Waals surface area contributed by atoms with Gasteiger partial charge < -0.3 is 0 Å². The normalized spacial score (nSPS) is 11.6. The Morgan fingerprint density at radius 2 is 1.76 bits per heavy atom. The molecule has 0 amide bonds. The Morgan fingerprint density at radius 3 is 2.43 bits per heavy atom. The SMILES string of the molecule is O=S(=O)(Cc1ccccc1Cl)NCc1ccc(F)c(F)c1. The summed E-state index contributed by atoms with van der Waals surface area (Å²) < 4.78 is 52.0. The van der Waals surface area contributed by atoms with Gasteiger partial charge in [0.15, 0.2) is 11.6 Å². The van der Waals surface area contributed by atoms with Crippen molar-refractivity contribution < 1.29 is 17.2 Å². The van der Waals surface area contributed by atoms with Crippen molar-refractivity contribution in [1.29, 1.82) is 0 Å². The van der Waals surface area contributed by atoms with Gasteiger partial charge in [0, 0.05) is 11.6 Å². The van der Waals surface area contributed by atoms with Crippen molar-refractivity contribution in [2.75, 3.05) is 0 Å². The van der Waals surface area contributed by atoms with Crippen LogP contribution in [-0.4, -0.2) is 8.42 Å². The van der Waals surface area contributed by atoms with E-state index >= 15 is 0 Å². The quantitative estimate of drug-likeness (QED) is 0.914. The summed E-state index contributed by atoms with van der Waals surface area (Å²) in [5.74, 6) is -2.27. The maximum Gasteiger partial charge on any atom is 0.216 e. The Balaban J connectivity index is 2.04. The summed E-state index contributed by atoms with van der Waals surface area (Å²) in [5, 5.41) is 0.357. The summed E-state index contributed by atoms with van der Waals surface area (Å²) in [5.41, 5.74) is 0.800. The molecule has 0 saturated carbocycles. The lowest BCUT2D eigenvalue weighted by atomic mass is 10.2. The molecule has 1 N–H and O–H groups in total. The predicted octanol–water partition coefficient (Wildman–Crippen LogP) is 3.24. The summed E-state index contributed by atoms with van der Waals surface area (Å²) in [4.78, 5) is 0. The van der Waals surface area contributed by atoms with Gasteiger partial charge in [-0.25, -0.2) is 21.9 Å². The molecule has 0 spiro atoms. The maximum atomic E-state index is 13.0. The second kappa shape index (κ2) is 6.51. The molecule has 21 heavy (non-hydrogen) atoms. The van der Waals surface area contributed by atoms with Crippen LogP contribution in [0.25, 0.3) is 0 Å². The van der Waals surface area contributed by atoms with Crippen molar-refractivity contribution in [3.63, 3.8) is 0 Å². The molecule has 0 aliphatic carbocycles.